The van der Waals surface area contributed by atoms with Crippen LogP contribution in [-0.4, -0.2) is 23.8 Å². The number of hydrogen-bond donors (Lipinski definition) is 1. The van der Waals surface area contributed by atoms with E-state index >= 15 is 8.78 Å². The second-order valence-electron chi connectivity index (χ2n) is 11.7. The standard InChI is InChI=1S/C34H43F3O4/c1-3-5-6-20-40-31-19-16-26(21-29(31)35)41-34(39)25-14-10-23(11-15-25)28-18-17-27(32(36)33(28)37)22-8-12-24(13-9-22)30(38)7-4-2/h3,16-19,21-25,30,38H,1,4-15,20H2,2H3. The van der Waals surface area contributed by atoms with Crippen LogP contribution in [0.25, 0.3) is 0 Å². The number of aliphatic hydroxyl groups excluding tert-OH is 1. The van der Waals surface area contributed by atoms with Gasteiger partial charge in [-0.3, -0.25) is 4.79 Å². The number of carbonyl (C=O) groups is 1. The molecule has 2 saturated carbocycles. The van der Waals surface area contributed by atoms with Crippen LogP contribution >= 0.6 is 0 Å². The number of rotatable bonds is 12. The first-order valence-electron chi connectivity index (χ1n) is 15.2. The number of benzene rings is 2. The topological polar surface area (TPSA) is 55.8 Å². The second kappa shape index (κ2) is 14.9. The van der Waals surface area contributed by atoms with Crippen molar-refractivity contribution < 1.29 is 32.5 Å². The van der Waals surface area contributed by atoms with Gasteiger partial charge in [0.25, 0.3) is 0 Å². The Hall–Kier alpha value is -2.80. The Labute approximate surface area is 241 Å². The molecular weight excluding hydrogens is 529 g/mol. The first-order valence-corrected chi connectivity index (χ1v) is 15.2. The highest BCUT2D eigenvalue weighted by Crippen LogP contribution is 2.42. The van der Waals surface area contributed by atoms with Crippen LogP contribution in [-0.2, 0) is 4.79 Å². The van der Waals surface area contributed by atoms with Gasteiger partial charge in [0, 0.05) is 6.07 Å². The zero-order chi connectivity index (χ0) is 29.4. The van der Waals surface area contributed by atoms with E-state index in [1.165, 1.54) is 12.1 Å². The molecule has 2 aromatic carbocycles. The third-order valence-electron chi connectivity index (χ3n) is 8.91. The lowest BCUT2D eigenvalue weighted by Gasteiger charge is -2.32. The van der Waals surface area contributed by atoms with E-state index in [1.807, 2.05) is 0 Å². The summed E-state index contributed by atoms with van der Waals surface area (Å²) in [5.41, 5.74) is 0.809. The highest BCUT2D eigenvalue weighted by Gasteiger charge is 2.33. The number of halogens is 3. The van der Waals surface area contributed by atoms with Gasteiger partial charge in [0.15, 0.2) is 23.2 Å². The van der Waals surface area contributed by atoms with Gasteiger partial charge in [0.05, 0.1) is 18.6 Å². The molecule has 0 radical (unpaired) electrons. The molecule has 4 rings (SSSR count). The molecule has 0 amide bonds. The van der Waals surface area contributed by atoms with Crippen molar-refractivity contribution in [3.63, 3.8) is 0 Å². The largest absolute Gasteiger partial charge is 0.491 e. The molecule has 0 saturated heterocycles. The molecule has 0 bridgehead atoms. The van der Waals surface area contributed by atoms with Crippen LogP contribution in [0.3, 0.4) is 0 Å². The van der Waals surface area contributed by atoms with Crippen LogP contribution in [0.15, 0.2) is 43.0 Å². The molecule has 0 aromatic heterocycles. The van der Waals surface area contributed by atoms with Gasteiger partial charge < -0.3 is 14.6 Å². The average Bonchev–Trinajstić information content (AvgIpc) is 2.98. The molecule has 2 fully saturated rings. The molecule has 1 atom stereocenters. The summed E-state index contributed by atoms with van der Waals surface area (Å²) >= 11 is 0. The second-order valence-corrected chi connectivity index (χ2v) is 11.7. The number of hydrogen-bond acceptors (Lipinski definition) is 4. The summed E-state index contributed by atoms with van der Waals surface area (Å²) in [4.78, 5) is 12.8. The van der Waals surface area contributed by atoms with E-state index < -0.39 is 23.4 Å². The van der Waals surface area contributed by atoms with Gasteiger partial charge in [-0.25, -0.2) is 13.2 Å². The Morgan fingerprint density at radius 3 is 2.15 bits per heavy atom. The highest BCUT2D eigenvalue weighted by atomic mass is 19.2. The third-order valence-corrected chi connectivity index (χ3v) is 8.91. The lowest BCUT2D eigenvalue weighted by atomic mass is 9.74. The number of unbranched alkanes of at least 4 members (excludes halogenated alkanes) is 1. The normalized spacial score (nSPS) is 23.5. The fourth-order valence-electron chi connectivity index (χ4n) is 6.47. The van der Waals surface area contributed by atoms with Crippen LogP contribution in [0.5, 0.6) is 11.5 Å². The Morgan fingerprint density at radius 2 is 1.59 bits per heavy atom. The van der Waals surface area contributed by atoms with Gasteiger partial charge in [-0.15, -0.1) is 6.58 Å². The summed E-state index contributed by atoms with van der Waals surface area (Å²) in [7, 11) is 0. The summed E-state index contributed by atoms with van der Waals surface area (Å²) in [6.07, 6.45) is 9.92. The first kappa shape index (κ1) is 31.1. The van der Waals surface area contributed by atoms with Crippen LogP contribution in [0, 0.1) is 29.3 Å². The summed E-state index contributed by atoms with van der Waals surface area (Å²) in [5.74, 6) is -2.68. The zero-order valence-electron chi connectivity index (χ0n) is 24.1. The summed E-state index contributed by atoms with van der Waals surface area (Å²) < 4.78 is 55.8. The minimum absolute atomic E-state index is 0.0307. The van der Waals surface area contributed by atoms with Crippen molar-refractivity contribution in [3.8, 4) is 11.5 Å². The van der Waals surface area contributed by atoms with Gasteiger partial charge >= 0.3 is 5.97 Å². The summed E-state index contributed by atoms with van der Waals surface area (Å²) in [6, 6.07) is 7.56. The molecule has 2 aromatic rings. The molecular formula is C34H43F3O4. The molecule has 0 spiro atoms. The van der Waals surface area contributed by atoms with E-state index in [1.54, 1.807) is 18.2 Å². The van der Waals surface area contributed by atoms with E-state index in [4.69, 9.17) is 9.47 Å². The van der Waals surface area contributed by atoms with Crippen LogP contribution < -0.4 is 9.47 Å². The summed E-state index contributed by atoms with van der Waals surface area (Å²) in [6.45, 7) is 6.06. The predicted octanol–water partition coefficient (Wildman–Crippen LogP) is 8.76. The van der Waals surface area contributed by atoms with Gasteiger partial charge in [0.2, 0.25) is 0 Å². The van der Waals surface area contributed by atoms with Crippen LogP contribution in [0.4, 0.5) is 13.2 Å². The fraction of sp³-hybridized carbons (Fsp3) is 0.559. The maximum atomic E-state index is 15.3. The molecule has 1 N–H and O–H groups in total. The first-order chi connectivity index (χ1) is 19.8. The van der Waals surface area contributed by atoms with Crippen molar-refractivity contribution in [1.29, 1.82) is 0 Å². The van der Waals surface area contributed by atoms with E-state index in [9.17, 15) is 14.3 Å². The maximum Gasteiger partial charge on any atom is 0.314 e. The van der Waals surface area contributed by atoms with Gasteiger partial charge in [-0.2, -0.15) is 0 Å². The van der Waals surface area contributed by atoms with E-state index in [2.05, 4.69) is 13.5 Å². The van der Waals surface area contributed by atoms with Gasteiger partial charge in [0.1, 0.15) is 5.75 Å². The van der Waals surface area contributed by atoms with Crippen molar-refractivity contribution in [2.75, 3.05) is 6.61 Å². The monoisotopic (exact) mass is 572 g/mol. The molecule has 2 aliphatic carbocycles. The van der Waals surface area contributed by atoms with Crippen molar-refractivity contribution in [1.82, 2.24) is 0 Å². The van der Waals surface area contributed by atoms with Crippen LogP contribution in [0.2, 0.25) is 0 Å². The molecule has 224 valence electrons. The summed E-state index contributed by atoms with van der Waals surface area (Å²) in [5, 5.41) is 10.3. The van der Waals surface area contributed by atoms with E-state index in [0.29, 0.717) is 43.4 Å². The highest BCUT2D eigenvalue weighted by molar-refractivity contribution is 5.75. The van der Waals surface area contributed by atoms with Gasteiger partial charge in [-0.1, -0.05) is 31.6 Å². The molecule has 1 unspecified atom stereocenters. The minimum atomic E-state index is -0.774. The number of esters is 1. The van der Waals surface area contributed by atoms with E-state index in [-0.39, 0.29) is 41.3 Å². The zero-order valence-corrected chi connectivity index (χ0v) is 24.1. The number of carbonyl (C=O) groups excluding carboxylic acids is 1. The Kier molecular flexibility index (Phi) is 11.3. The average molecular weight is 573 g/mol. The number of aliphatic hydroxyl groups is 1. The maximum absolute atomic E-state index is 15.3. The van der Waals surface area contributed by atoms with Crippen LogP contribution in [0.1, 0.15) is 107 Å². The van der Waals surface area contributed by atoms with Crippen molar-refractivity contribution in [3.05, 3.63) is 71.6 Å². The molecule has 2 aliphatic rings. The molecule has 7 heteroatoms. The van der Waals surface area contributed by atoms with Crippen molar-refractivity contribution in [2.45, 2.75) is 102 Å². The Morgan fingerprint density at radius 1 is 0.976 bits per heavy atom. The van der Waals surface area contributed by atoms with Crippen molar-refractivity contribution >= 4 is 5.97 Å². The number of allylic oxidation sites excluding steroid dienone is 1. The molecule has 0 heterocycles. The Balaban J connectivity index is 1.29. The smallest absolute Gasteiger partial charge is 0.314 e. The fourth-order valence-corrected chi connectivity index (χ4v) is 6.47. The quantitative estimate of drug-likeness (QED) is 0.120. The lowest BCUT2D eigenvalue weighted by molar-refractivity contribution is -0.140. The van der Waals surface area contributed by atoms with Crippen molar-refractivity contribution in [2.24, 2.45) is 11.8 Å². The predicted molar refractivity (Wildman–Crippen MR) is 154 cm³/mol. The number of ether oxygens (including phenoxy) is 2. The van der Waals surface area contributed by atoms with Gasteiger partial charge in [-0.05, 0) is 112 Å². The Bertz CT molecular complexity index is 1170. The molecule has 4 nitrogen and oxygen atoms in total. The SMILES string of the molecule is C=CCCCOc1ccc(OC(=O)C2CCC(c3ccc(C4CCC(C(O)CCC)CC4)c(F)c3F)CC2)cc1F. The minimum Gasteiger partial charge on any atom is -0.491 e. The molecule has 0 aliphatic heterocycles. The third kappa shape index (κ3) is 7.94. The molecule has 41 heavy (non-hydrogen) atoms. The van der Waals surface area contributed by atoms with E-state index in [0.717, 1.165) is 57.4 Å². The lowest BCUT2D eigenvalue weighted by Crippen LogP contribution is -2.26.